The molecule has 1 fully saturated rings. The number of nitrogens with zero attached hydrogens (tertiary/aromatic N) is 1. The molecule has 2 rings (SSSR count). The van der Waals surface area contributed by atoms with Gasteiger partial charge in [-0.15, -0.1) is 0 Å². The van der Waals surface area contributed by atoms with E-state index in [9.17, 15) is 14.7 Å². The van der Waals surface area contributed by atoms with Gasteiger partial charge in [-0.1, -0.05) is 19.1 Å². The lowest BCUT2D eigenvalue weighted by molar-refractivity contribution is -0.127. The number of carbonyl (C=O) groups excluding carboxylic acids is 2. The van der Waals surface area contributed by atoms with Gasteiger partial charge in [-0.05, 0) is 50.8 Å². The SMILES string of the molecule is CCCN1C[C@H](NC(=O)c2ccc(CCC(C)(C)O)cc2)CC1=O. The Morgan fingerprint density at radius 1 is 1.33 bits per heavy atom. The van der Waals surface area contributed by atoms with Crippen LogP contribution in [-0.4, -0.2) is 46.6 Å². The van der Waals surface area contributed by atoms with Crippen LogP contribution in [0.4, 0.5) is 0 Å². The molecule has 24 heavy (non-hydrogen) atoms. The summed E-state index contributed by atoms with van der Waals surface area (Å²) in [5.74, 6) is -0.0238. The molecule has 0 bridgehead atoms. The van der Waals surface area contributed by atoms with Crippen molar-refractivity contribution >= 4 is 11.8 Å². The summed E-state index contributed by atoms with van der Waals surface area (Å²) in [5.41, 5.74) is 1.01. The first-order valence-electron chi connectivity index (χ1n) is 8.68. The fourth-order valence-electron chi connectivity index (χ4n) is 2.90. The highest BCUT2D eigenvalue weighted by atomic mass is 16.3. The molecule has 1 saturated heterocycles. The molecule has 2 N–H and O–H groups in total. The van der Waals surface area contributed by atoms with Crippen molar-refractivity contribution < 1.29 is 14.7 Å². The zero-order valence-electron chi connectivity index (χ0n) is 14.8. The van der Waals surface area contributed by atoms with Gasteiger partial charge in [-0.25, -0.2) is 0 Å². The van der Waals surface area contributed by atoms with E-state index in [2.05, 4.69) is 5.32 Å². The number of likely N-dealkylation sites (tertiary alicyclic amines) is 1. The lowest BCUT2D eigenvalue weighted by Gasteiger charge is -2.17. The zero-order chi connectivity index (χ0) is 17.7. The van der Waals surface area contributed by atoms with Crippen LogP contribution >= 0.6 is 0 Å². The van der Waals surface area contributed by atoms with Crippen LogP contribution < -0.4 is 5.32 Å². The van der Waals surface area contributed by atoms with Crippen LogP contribution in [0.3, 0.4) is 0 Å². The minimum atomic E-state index is -0.685. The van der Waals surface area contributed by atoms with Gasteiger partial charge < -0.3 is 15.3 Å². The lowest BCUT2D eigenvalue weighted by atomic mass is 9.98. The van der Waals surface area contributed by atoms with Crippen molar-refractivity contribution in [2.45, 2.75) is 58.1 Å². The first kappa shape index (κ1) is 18.5. The van der Waals surface area contributed by atoms with E-state index >= 15 is 0 Å². The minimum absolute atomic E-state index is 0.105. The number of amides is 2. The highest BCUT2D eigenvalue weighted by Crippen LogP contribution is 2.15. The van der Waals surface area contributed by atoms with Gasteiger partial charge >= 0.3 is 0 Å². The standard InChI is InChI=1S/C19H28N2O3/c1-4-11-21-13-16(12-17(21)22)20-18(23)15-7-5-14(6-8-15)9-10-19(2,3)24/h5-8,16,24H,4,9-13H2,1-3H3,(H,20,23)/t16-/m1/s1. The second-order valence-electron chi connectivity index (χ2n) is 7.22. The molecule has 0 radical (unpaired) electrons. The molecule has 2 amide bonds. The molecule has 5 nitrogen and oxygen atoms in total. The first-order chi connectivity index (χ1) is 11.3. The Hall–Kier alpha value is -1.88. The monoisotopic (exact) mass is 332 g/mol. The van der Waals surface area contributed by atoms with Crippen molar-refractivity contribution in [2.75, 3.05) is 13.1 Å². The lowest BCUT2D eigenvalue weighted by Crippen LogP contribution is -2.37. The van der Waals surface area contributed by atoms with Crippen LogP contribution in [0.25, 0.3) is 0 Å². The van der Waals surface area contributed by atoms with Crippen LogP contribution in [0.2, 0.25) is 0 Å². The maximum Gasteiger partial charge on any atom is 0.251 e. The fourth-order valence-corrected chi connectivity index (χ4v) is 2.90. The summed E-state index contributed by atoms with van der Waals surface area (Å²) < 4.78 is 0. The van der Waals surface area contributed by atoms with Crippen molar-refractivity contribution in [1.82, 2.24) is 10.2 Å². The van der Waals surface area contributed by atoms with Crippen LogP contribution in [0.15, 0.2) is 24.3 Å². The number of hydrogen-bond acceptors (Lipinski definition) is 3. The third-order valence-electron chi connectivity index (χ3n) is 4.28. The van der Waals surface area contributed by atoms with E-state index < -0.39 is 5.60 Å². The number of aliphatic hydroxyl groups is 1. The van der Waals surface area contributed by atoms with E-state index in [4.69, 9.17) is 0 Å². The zero-order valence-corrected chi connectivity index (χ0v) is 14.8. The van der Waals surface area contributed by atoms with E-state index in [0.29, 0.717) is 24.9 Å². The molecule has 1 heterocycles. The van der Waals surface area contributed by atoms with Crippen molar-refractivity contribution in [3.05, 3.63) is 35.4 Å². The van der Waals surface area contributed by atoms with E-state index in [-0.39, 0.29) is 17.9 Å². The van der Waals surface area contributed by atoms with Gasteiger partial charge in [0.15, 0.2) is 0 Å². The van der Waals surface area contributed by atoms with Crippen molar-refractivity contribution in [3.8, 4) is 0 Å². The molecule has 1 aromatic carbocycles. The number of benzene rings is 1. The molecule has 1 atom stereocenters. The molecule has 132 valence electrons. The molecule has 1 aromatic rings. The summed E-state index contributed by atoms with van der Waals surface area (Å²) in [7, 11) is 0. The number of rotatable bonds is 7. The average molecular weight is 332 g/mol. The van der Waals surface area contributed by atoms with Gasteiger partial charge in [0, 0.05) is 25.1 Å². The predicted octanol–water partition coefficient (Wildman–Crippen LogP) is 2.13. The van der Waals surface area contributed by atoms with E-state index in [1.807, 2.05) is 24.0 Å². The summed E-state index contributed by atoms with van der Waals surface area (Å²) in [6.07, 6.45) is 2.76. The van der Waals surface area contributed by atoms with Gasteiger partial charge in [0.1, 0.15) is 0 Å². The number of hydrogen-bond donors (Lipinski definition) is 2. The van der Waals surface area contributed by atoms with Crippen LogP contribution in [0.5, 0.6) is 0 Å². The predicted molar refractivity (Wildman–Crippen MR) is 93.8 cm³/mol. The fraction of sp³-hybridized carbons (Fsp3) is 0.579. The average Bonchev–Trinajstić information content (AvgIpc) is 2.85. The van der Waals surface area contributed by atoms with Gasteiger partial charge in [-0.3, -0.25) is 9.59 Å². The van der Waals surface area contributed by atoms with Crippen molar-refractivity contribution in [2.24, 2.45) is 0 Å². The third kappa shape index (κ3) is 5.34. The van der Waals surface area contributed by atoms with Gasteiger partial charge in [-0.2, -0.15) is 0 Å². The molecule has 1 aliphatic heterocycles. The topological polar surface area (TPSA) is 69.6 Å². The van der Waals surface area contributed by atoms with Crippen LogP contribution in [-0.2, 0) is 11.2 Å². The Bertz CT molecular complexity index is 575. The van der Waals surface area contributed by atoms with E-state index in [0.717, 1.165) is 24.9 Å². The molecule has 0 aromatic heterocycles. The highest BCUT2D eigenvalue weighted by Gasteiger charge is 2.29. The molecule has 1 aliphatic rings. The summed E-state index contributed by atoms with van der Waals surface area (Å²) in [6, 6.07) is 7.34. The van der Waals surface area contributed by atoms with Crippen LogP contribution in [0, 0.1) is 0 Å². The van der Waals surface area contributed by atoms with Gasteiger partial charge in [0.25, 0.3) is 5.91 Å². The minimum Gasteiger partial charge on any atom is -0.390 e. The number of aryl methyl sites for hydroxylation is 1. The Balaban J connectivity index is 1.88. The second kappa shape index (κ2) is 7.79. The van der Waals surface area contributed by atoms with Gasteiger partial charge in [0.2, 0.25) is 5.91 Å². The van der Waals surface area contributed by atoms with E-state index in [1.54, 1.807) is 26.0 Å². The smallest absolute Gasteiger partial charge is 0.251 e. The van der Waals surface area contributed by atoms with Crippen molar-refractivity contribution in [3.63, 3.8) is 0 Å². The van der Waals surface area contributed by atoms with Crippen molar-refractivity contribution in [1.29, 1.82) is 0 Å². The summed E-state index contributed by atoms with van der Waals surface area (Å²) >= 11 is 0. The maximum absolute atomic E-state index is 12.3. The molecular weight excluding hydrogens is 304 g/mol. The summed E-state index contributed by atoms with van der Waals surface area (Å²) in [5, 5.41) is 12.7. The van der Waals surface area contributed by atoms with E-state index in [1.165, 1.54) is 0 Å². The molecule has 0 unspecified atom stereocenters. The Morgan fingerprint density at radius 2 is 2.00 bits per heavy atom. The molecule has 0 spiro atoms. The van der Waals surface area contributed by atoms with Gasteiger partial charge in [0.05, 0.1) is 11.6 Å². The largest absolute Gasteiger partial charge is 0.390 e. The third-order valence-corrected chi connectivity index (χ3v) is 4.28. The number of nitrogens with one attached hydrogen (secondary N) is 1. The Morgan fingerprint density at radius 3 is 2.58 bits per heavy atom. The highest BCUT2D eigenvalue weighted by molar-refractivity contribution is 5.95. The second-order valence-corrected chi connectivity index (χ2v) is 7.22. The molecule has 0 saturated carbocycles. The molecule has 5 heteroatoms. The Kier molecular flexibility index (Phi) is 5.99. The Labute approximate surface area is 144 Å². The molecular formula is C19H28N2O3. The summed E-state index contributed by atoms with van der Waals surface area (Å²) in [6.45, 7) is 6.97. The number of carbonyl (C=O) groups is 2. The molecule has 0 aliphatic carbocycles. The maximum atomic E-state index is 12.3. The van der Waals surface area contributed by atoms with Crippen LogP contribution in [0.1, 0.15) is 56.0 Å². The first-order valence-corrected chi connectivity index (χ1v) is 8.68. The normalized spacial score (nSPS) is 18.1. The summed E-state index contributed by atoms with van der Waals surface area (Å²) in [4.78, 5) is 26.0. The quantitative estimate of drug-likeness (QED) is 0.804.